The Balaban J connectivity index is 2.55. The third-order valence-corrected chi connectivity index (χ3v) is 2.98. The van der Waals surface area contributed by atoms with Gasteiger partial charge in [-0.1, -0.05) is 20.3 Å². The molecule has 1 aliphatic heterocycles. The molecule has 0 amide bonds. The number of rotatable bonds is 3. The maximum atomic E-state index is 6.35. The Bertz CT molecular complexity index is 132. The second kappa shape index (κ2) is 4.24. The largest absolute Gasteiger partial charge is 0.313 e. The highest BCUT2D eigenvalue weighted by atomic mass is 15.3. The van der Waals surface area contributed by atoms with E-state index in [4.69, 9.17) is 5.73 Å². The Hall–Kier alpha value is -0.0800. The zero-order valence-corrected chi connectivity index (χ0v) is 8.47. The summed E-state index contributed by atoms with van der Waals surface area (Å²) in [5.74, 6) is 0. The summed E-state index contributed by atoms with van der Waals surface area (Å²) in [6.07, 6.45) is 6.19. The molecule has 1 fully saturated rings. The minimum absolute atomic E-state index is 0.0295. The lowest BCUT2D eigenvalue weighted by Gasteiger charge is -2.44. The van der Waals surface area contributed by atoms with Crippen molar-refractivity contribution in [2.24, 2.45) is 5.73 Å². The first-order valence-electron chi connectivity index (χ1n) is 5.27. The number of hydrogen-bond donors (Lipinski definition) is 1. The van der Waals surface area contributed by atoms with Crippen LogP contribution < -0.4 is 5.73 Å². The molecule has 0 spiro atoms. The van der Waals surface area contributed by atoms with Crippen LogP contribution in [0.25, 0.3) is 0 Å². The van der Waals surface area contributed by atoms with E-state index < -0.39 is 0 Å². The summed E-state index contributed by atoms with van der Waals surface area (Å²) in [5.41, 5.74) is 6.38. The van der Waals surface area contributed by atoms with E-state index in [2.05, 4.69) is 18.7 Å². The molecule has 0 aromatic carbocycles. The van der Waals surface area contributed by atoms with Crippen LogP contribution in [-0.4, -0.2) is 23.7 Å². The highest BCUT2D eigenvalue weighted by Crippen LogP contribution is 2.26. The molecule has 1 aliphatic rings. The van der Waals surface area contributed by atoms with E-state index in [9.17, 15) is 0 Å². The summed E-state index contributed by atoms with van der Waals surface area (Å²) in [6.45, 7) is 6.74. The lowest BCUT2D eigenvalue weighted by atomic mass is 9.92. The van der Waals surface area contributed by atoms with Crippen molar-refractivity contribution < 1.29 is 0 Å². The van der Waals surface area contributed by atoms with Crippen molar-refractivity contribution in [3.05, 3.63) is 0 Å². The summed E-state index contributed by atoms with van der Waals surface area (Å²) in [7, 11) is 0. The standard InChI is InChI=1S/C10H22N2/c1-3-7-10(11)8-5-6-9-12(10)4-2/h3-9,11H2,1-2H3. The van der Waals surface area contributed by atoms with E-state index in [1.165, 1.54) is 32.2 Å². The van der Waals surface area contributed by atoms with Crippen LogP contribution in [-0.2, 0) is 0 Å². The van der Waals surface area contributed by atoms with Gasteiger partial charge in [0.2, 0.25) is 0 Å². The SMILES string of the molecule is CCCC1(N)CCCCN1CC. The molecule has 0 aliphatic carbocycles. The molecule has 0 bridgehead atoms. The minimum atomic E-state index is 0.0295. The highest BCUT2D eigenvalue weighted by Gasteiger charge is 2.32. The molecule has 12 heavy (non-hydrogen) atoms. The lowest BCUT2D eigenvalue weighted by molar-refractivity contribution is 0.0481. The third-order valence-electron chi connectivity index (χ3n) is 2.98. The second-order valence-corrected chi connectivity index (χ2v) is 3.89. The maximum absolute atomic E-state index is 6.35. The molecule has 2 heteroatoms. The number of nitrogens with zero attached hydrogens (tertiary/aromatic N) is 1. The molecule has 1 heterocycles. The number of likely N-dealkylation sites (tertiary alicyclic amines) is 1. The van der Waals surface area contributed by atoms with E-state index >= 15 is 0 Å². The average Bonchev–Trinajstić information content (AvgIpc) is 2.05. The van der Waals surface area contributed by atoms with Crippen LogP contribution in [0.3, 0.4) is 0 Å². The van der Waals surface area contributed by atoms with Gasteiger partial charge in [0.05, 0.1) is 5.66 Å². The van der Waals surface area contributed by atoms with Crippen molar-refractivity contribution in [1.29, 1.82) is 0 Å². The zero-order chi connectivity index (χ0) is 9.03. The zero-order valence-electron chi connectivity index (χ0n) is 8.47. The fourth-order valence-corrected chi connectivity index (χ4v) is 2.30. The predicted octanol–water partition coefficient (Wildman–Crippen LogP) is 1.95. The van der Waals surface area contributed by atoms with E-state index in [0.29, 0.717) is 0 Å². The van der Waals surface area contributed by atoms with E-state index in [1.54, 1.807) is 0 Å². The van der Waals surface area contributed by atoms with Crippen molar-refractivity contribution in [3.63, 3.8) is 0 Å². The van der Waals surface area contributed by atoms with Gasteiger partial charge >= 0.3 is 0 Å². The molecule has 1 saturated heterocycles. The van der Waals surface area contributed by atoms with Gasteiger partial charge < -0.3 is 5.73 Å². The van der Waals surface area contributed by atoms with Crippen LogP contribution in [0.5, 0.6) is 0 Å². The molecule has 0 saturated carbocycles. The van der Waals surface area contributed by atoms with Crippen LogP contribution in [0.4, 0.5) is 0 Å². The molecular weight excluding hydrogens is 148 g/mol. The average molecular weight is 170 g/mol. The number of piperidine rings is 1. The Morgan fingerprint density at radius 3 is 2.67 bits per heavy atom. The first kappa shape index (κ1) is 10.0. The van der Waals surface area contributed by atoms with Gasteiger partial charge in [-0.3, -0.25) is 4.90 Å². The summed E-state index contributed by atoms with van der Waals surface area (Å²) < 4.78 is 0. The fourth-order valence-electron chi connectivity index (χ4n) is 2.30. The molecule has 1 unspecified atom stereocenters. The first-order valence-corrected chi connectivity index (χ1v) is 5.27. The minimum Gasteiger partial charge on any atom is -0.313 e. The van der Waals surface area contributed by atoms with Crippen molar-refractivity contribution in [2.75, 3.05) is 13.1 Å². The Morgan fingerprint density at radius 2 is 2.08 bits per heavy atom. The summed E-state index contributed by atoms with van der Waals surface area (Å²) in [5, 5.41) is 0. The molecule has 2 nitrogen and oxygen atoms in total. The van der Waals surface area contributed by atoms with Gasteiger partial charge in [0.1, 0.15) is 0 Å². The molecule has 1 atom stereocenters. The summed E-state index contributed by atoms with van der Waals surface area (Å²) in [6, 6.07) is 0. The van der Waals surface area contributed by atoms with Crippen molar-refractivity contribution in [2.45, 2.75) is 51.6 Å². The van der Waals surface area contributed by atoms with Gasteiger partial charge in [0.25, 0.3) is 0 Å². The normalized spacial score (nSPS) is 32.2. The maximum Gasteiger partial charge on any atom is 0.0687 e. The Labute approximate surface area is 76.1 Å². The van der Waals surface area contributed by atoms with Crippen LogP contribution in [0, 0.1) is 0 Å². The first-order chi connectivity index (χ1) is 5.73. The molecule has 1 rings (SSSR count). The topological polar surface area (TPSA) is 29.3 Å². The van der Waals surface area contributed by atoms with Gasteiger partial charge in [-0.05, 0) is 38.8 Å². The van der Waals surface area contributed by atoms with Crippen LogP contribution in [0.1, 0.15) is 46.0 Å². The Kier molecular flexibility index (Phi) is 3.53. The van der Waals surface area contributed by atoms with Gasteiger partial charge in [-0.25, -0.2) is 0 Å². The van der Waals surface area contributed by atoms with Gasteiger partial charge in [-0.2, -0.15) is 0 Å². The molecule has 2 N–H and O–H groups in total. The van der Waals surface area contributed by atoms with E-state index in [-0.39, 0.29) is 5.66 Å². The lowest BCUT2D eigenvalue weighted by Crippen LogP contribution is -2.58. The summed E-state index contributed by atoms with van der Waals surface area (Å²) >= 11 is 0. The monoisotopic (exact) mass is 170 g/mol. The number of nitrogens with two attached hydrogens (primary N) is 1. The van der Waals surface area contributed by atoms with Crippen LogP contribution >= 0.6 is 0 Å². The molecule has 0 aromatic rings. The summed E-state index contributed by atoms with van der Waals surface area (Å²) in [4.78, 5) is 2.44. The van der Waals surface area contributed by atoms with Crippen molar-refractivity contribution >= 4 is 0 Å². The number of hydrogen-bond acceptors (Lipinski definition) is 2. The van der Waals surface area contributed by atoms with Gasteiger partial charge in [-0.15, -0.1) is 0 Å². The molecular formula is C10H22N2. The molecule has 0 aromatic heterocycles. The van der Waals surface area contributed by atoms with Gasteiger partial charge in [0, 0.05) is 0 Å². The predicted molar refractivity (Wildman–Crippen MR) is 52.9 cm³/mol. The third kappa shape index (κ3) is 1.99. The van der Waals surface area contributed by atoms with Crippen LogP contribution in [0.15, 0.2) is 0 Å². The molecule has 0 radical (unpaired) electrons. The van der Waals surface area contributed by atoms with Gasteiger partial charge in [0.15, 0.2) is 0 Å². The van der Waals surface area contributed by atoms with Crippen molar-refractivity contribution in [3.8, 4) is 0 Å². The smallest absolute Gasteiger partial charge is 0.0687 e. The Morgan fingerprint density at radius 1 is 1.33 bits per heavy atom. The quantitative estimate of drug-likeness (QED) is 0.701. The van der Waals surface area contributed by atoms with E-state index in [1.807, 2.05) is 0 Å². The highest BCUT2D eigenvalue weighted by molar-refractivity contribution is 4.87. The van der Waals surface area contributed by atoms with E-state index in [0.717, 1.165) is 13.0 Å². The fraction of sp³-hybridized carbons (Fsp3) is 1.00. The van der Waals surface area contributed by atoms with Crippen LogP contribution in [0.2, 0.25) is 0 Å². The second-order valence-electron chi connectivity index (χ2n) is 3.89. The molecule has 72 valence electrons. The van der Waals surface area contributed by atoms with Crippen molar-refractivity contribution in [1.82, 2.24) is 4.90 Å².